The largest absolute Gasteiger partial charge is 0.507 e. The van der Waals surface area contributed by atoms with Gasteiger partial charge in [0.15, 0.2) is 0 Å². The summed E-state index contributed by atoms with van der Waals surface area (Å²) in [4.78, 5) is 11.6. The second-order valence-electron chi connectivity index (χ2n) is 3.83. The number of para-hydroxylation sites is 1. The molecule has 1 atom stereocenters. The van der Waals surface area contributed by atoms with Crippen LogP contribution in [0.3, 0.4) is 0 Å². The molecule has 1 aromatic carbocycles. The molecule has 0 aliphatic heterocycles. The van der Waals surface area contributed by atoms with Gasteiger partial charge in [0.1, 0.15) is 5.75 Å². The van der Waals surface area contributed by atoms with Crippen LogP contribution in [0.2, 0.25) is 0 Å². The van der Waals surface area contributed by atoms with E-state index in [2.05, 4.69) is 10.6 Å². The Morgan fingerprint density at radius 3 is 2.71 bits per heavy atom. The minimum atomic E-state index is -0.399. The molecule has 0 spiro atoms. The quantitative estimate of drug-likeness (QED) is 0.530. The van der Waals surface area contributed by atoms with E-state index in [1.165, 1.54) is 6.07 Å². The fourth-order valence-electron chi connectivity index (χ4n) is 1.34. The molecule has 5 nitrogen and oxygen atoms in total. The first-order chi connectivity index (χ1) is 8.11. The zero-order valence-electron chi connectivity index (χ0n) is 9.81. The Morgan fingerprint density at radius 2 is 2.06 bits per heavy atom. The summed E-state index contributed by atoms with van der Waals surface area (Å²) >= 11 is 0. The van der Waals surface area contributed by atoms with E-state index in [-0.39, 0.29) is 17.2 Å². The first kappa shape index (κ1) is 13.5. The van der Waals surface area contributed by atoms with Gasteiger partial charge in [0.05, 0.1) is 11.7 Å². The van der Waals surface area contributed by atoms with Crippen molar-refractivity contribution in [1.82, 2.24) is 10.6 Å². The maximum atomic E-state index is 11.6. The van der Waals surface area contributed by atoms with E-state index in [9.17, 15) is 9.90 Å². The van der Waals surface area contributed by atoms with Crippen LogP contribution in [-0.2, 0) is 0 Å². The lowest BCUT2D eigenvalue weighted by Gasteiger charge is -2.08. The van der Waals surface area contributed by atoms with Gasteiger partial charge in [0.2, 0.25) is 0 Å². The van der Waals surface area contributed by atoms with Crippen molar-refractivity contribution in [1.29, 1.82) is 0 Å². The molecule has 0 aromatic heterocycles. The monoisotopic (exact) mass is 238 g/mol. The highest BCUT2D eigenvalue weighted by atomic mass is 16.3. The van der Waals surface area contributed by atoms with Crippen LogP contribution in [0.15, 0.2) is 24.3 Å². The molecule has 0 aliphatic carbocycles. The third-order valence-electron chi connectivity index (χ3n) is 2.18. The van der Waals surface area contributed by atoms with E-state index in [0.717, 1.165) is 0 Å². The van der Waals surface area contributed by atoms with Crippen LogP contribution < -0.4 is 10.6 Å². The average molecular weight is 238 g/mol. The summed E-state index contributed by atoms with van der Waals surface area (Å²) in [5.41, 5.74) is 0.267. The number of hydrogen-bond donors (Lipinski definition) is 4. The SMILES string of the molecule is CC(O)CNCCNC(=O)c1ccccc1O. The zero-order valence-corrected chi connectivity index (χ0v) is 9.81. The molecule has 0 bridgehead atoms. The Kier molecular flexibility index (Phi) is 5.45. The second kappa shape index (κ2) is 6.88. The lowest BCUT2D eigenvalue weighted by Crippen LogP contribution is -2.34. The van der Waals surface area contributed by atoms with Crippen LogP contribution >= 0.6 is 0 Å². The number of aromatic hydroxyl groups is 1. The molecule has 0 aliphatic rings. The molecule has 0 saturated heterocycles. The van der Waals surface area contributed by atoms with Gasteiger partial charge >= 0.3 is 0 Å². The van der Waals surface area contributed by atoms with Crippen molar-refractivity contribution in [2.45, 2.75) is 13.0 Å². The molecular weight excluding hydrogens is 220 g/mol. The van der Waals surface area contributed by atoms with Gasteiger partial charge in [0, 0.05) is 19.6 Å². The lowest BCUT2D eigenvalue weighted by molar-refractivity contribution is 0.0951. The van der Waals surface area contributed by atoms with Gasteiger partial charge in [-0.3, -0.25) is 4.79 Å². The number of aliphatic hydroxyl groups excluding tert-OH is 1. The summed E-state index contributed by atoms with van der Waals surface area (Å²) in [5.74, 6) is -0.330. The third-order valence-corrected chi connectivity index (χ3v) is 2.18. The van der Waals surface area contributed by atoms with Gasteiger partial charge < -0.3 is 20.8 Å². The molecule has 0 radical (unpaired) electrons. The highest BCUT2D eigenvalue weighted by molar-refractivity contribution is 5.96. The maximum absolute atomic E-state index is 11.6. The molecule has 1 rings (SSSR count). The Bertz CT molecular complexity index is 367. The maximum Gasteiger partial charge on any atom is 0.255 e. The van der Waals surface area contributed by atoms with Crippen LogP contribution in [0.4, 0.5) is 0 Å². The molecule has 0 fully saturated rings. The predicted molar refractivity (Wildman–Crippen MR) is 65.0 cm³/mol. The summed E-state index contributed by atoms with van der Waals surface area (Å²) in [5, 5.41) is 24.1. The van der Waals surface area contributed by atoms with E-state index < -0.39 is 6.10 Å². The van der Waals surface area contributed by atoms with Gasteiger partial charge in [0.25, 0.3) is 5.91 Å². The van der Waals surface area contributed by atoms with Crippen molar-refractivity contribution >= 4 is 5.91 Å². The first-order valence-corrected chi connectivity index (χ1v) is 5.56. The summed E-state index contributed by atoms with van der Waals surface area (Å²) < 4.78 is 0. The number of phenolic OH excluding ortho intramolecular Hbond substituents is 1. The number of benzene rings is 1. The number of rotatable bonds is 6. The van der Waals surface area contributed by atoms with Crippen LogP contribution in [0, 0.1) is 0 Å². The Labute approximate surface area is 100 Å². The molecule has 0 heterocycles. The summed E-state index contributed by atoms with van der Waals surface area (Å²) in [6, 6.07) is 6.39. The fourth-order valence-corrected chi connectivity index (χ4v) is 1.34. The minimum Gasteiger partial charge on any atom is -0.507 e. The number of hydrogen-bond acceptors (Lipinski definition) is 4. The van der Waals surface area contributed by atoms with E-state index in [0.29, 0.717) is 19.6 Å². The van der Waals surface area contributed by atoms with E-state index in [4.69, 9.17) is 5.11 Å². The van der Waals surface area contributed by atoms with Crippen molar-refractivity contribution in [3.8, 4) is 5.75 Å². The standard InChI is InChI=1S/C12H18N2O3/c1-9(15)8-13-6-7-14-12(17)10-4-2-3-5-11(10)16/h2-5,9,13,15-16H,6-8H2,1H3,(H,14,17). The first-order valence-electron chi connectivity index (χ1n) is 5.56. The van der Waals surface area contributed by atoms with E-state index in [1.54, 1.807) is 25.1 Å². The smallest absolute Gasteiger partial charge is 0.255 e. The summed E-state index contributed by atoms with van der Waals surface area (Å²) in [7, 11) is 0. The van der Waals surface area contributed by atoms with Gasteiger partial charge in [-0.05, 0) is 19.1 Å². The summed E-state index contributed by atoms with van der Waals surface area (Å²) in [6.07, 6.45) is -0.399. The van der Waals surface area contributed by atoms with E-state index in [1.807, 2.05) is 0 Å². The zero-order chi connectivity index (χ0) is 12.7. The number of phenols is 1. The van der Waals surface area contributed by atoms with Crippen LogP contribution in [0.5, 0.6) is 5.75 Å². The van der Waals surface area contributed by atoms with Gasteiger partial charge in [-0.1, -0.05) is 12.1 Å². The van der Waals surface area contributed by atoms with Crippen molar-refractivity contribution in [2.24, 2.45) is 0 Å². The van der Waals surface area contributed by atoms with Crippen molar-refractivity contribution in [2.75, 3.05) is 19.6 Å². The predicted octanol–water partition coefficient (Wildman–Crippen LogP) is 0.0924. The van der Waals surface area contributed by atoms with Gasteiger partial charge in [-0.25, -0.2) is 0 Å². The molecule has 1 unspecified atom stereocenters. The number of amides is 1. The fraction of sp³-hybridized carbons (Fsp3) is 0.417. The van der Waals surface area contributed by atoms with Crippen LogP contribution in [0.1, 0.15) is 17.3 Å². The molecule has 17 heavy (non-hydrogen) atoms. The number of carbonyl (C=O) groups is 1. The average Bonchev–Trinajstić information content (AvgIpc) is 2.28. The highest BCUT2D eigenvalue weighted by Crippen LogP contribution is 2.14. The van der Waals surface area contributed by atoms with Gasteiger partial charge in [-0.2, -0.15) is 0 Å². The molecular formula is C12H18N2O3. The topological polar surface area (TPSA) is 81.6 Å². The molecule has 5 heteroatoms. The van der Waals surface area contributed by atoms with Crippen LogP contribution in [-0.4, -0.2) is 41.9 Å². The molecule has 4 N–H and O–H groups in total. The Morgan fingerprint density at radius 1 is 1.35 bits per heavy atom. The molecule has 1 amide bonds. The normalized spacial score (nSPS) is 12.1. The molecule has 0 saturated carbocycles. The Hall–Kier alpha value is -1.59. The third kappa shape index (κ3) is 4.84. The van der Waals surface area contributed by atoms with Gasteiger partial charge in [-0.15, -0.1) is 0 Å². The highest BCUT2D eigenvalue weighted by Gasteiger charge is 2.08. The Balaban J connectivity index is 2.29. The second-order valence-corrected chi connectivity index (χ2v) is 3.83. The number of nitrogens with one attached hydrogen (secondary N) is 2. The number of aliphatic hydroxyl groups is 1. The lowest BCUT2D eigenvalue weighted by atomic mass is 10.2. The van der Waals surface area contributed by atoms with Crippen molar-refractivity contribution in [3.05, 3.63) is 29.8 Å². The van der Waals surface area contributed by atoms with Crippen molar-refractivity contribution < 1.29 is 15.0 Å². The van der Waals surface area contributed by atoms with Crippen molar-refractivity contribution in [3.63, 3.8) is 0 Å². The number of carbonyl (C=O) groups excluding carboxylic acids is 1. The van der Waals surface area contributed by atoms with Crippen LogP contribution in [0.25, 0.3) is 0 Å². The summed E-state index contributed by atoms with van der Waals surface area (Å²) in [6.45, 7) is 3.20. The minimum absolute atomic E-state index is 0.0260. The van der Waals surface area contributed by atoms with E-state index >= 15 is 0 Å². The molecule has 1 aromatic rings. The molecule has 94 valence electrons.